The highest BCUT2D eigenvalue weighted by atomic mass is 19.1. The van der Waals surface area contributed by atoms with Gasteiger partial charge in [0.05, 0.1) is 5.69 Å². The lowest BCUT2D eigenvalue weighted by molar-refractivity contribution is -0.116. The Morgan fingerprint density at radius 1 is 1.14 bits per heavy atom. The van der Waals surface area contributed by atoms with Crippen LogP contribution in [-0.2, 0) is 4.79 Å². The molecule has 0 atom stereocenters. The first-order valence-corrected chi connectivity index (χ1v) is 7.08. The first-order chi connectivity index (χ1) is 10.7. The number of carbonyl (C=O) groups excluding carboxylic acids is 1. The van der Waals surface area contributed by atoms with Crippen molar-refractivity contribution in [1.29, 1.82) is 0 Å². The summed E-state index contributed by atoms with van der Waals surface area (Å²) < 4.78 is 13.0. The van der Waals surface area contributed by atoms with E-state index < -0.39 is 0 Å². The van der Waals surface area contributed by atoms with E-state index in [1.807, 2.05) is 6.92 Å². The quantitative estimate of drug-likeness (QED) is 0.804. The lowest BCUT2D eigenvalue weighted by Crippen LogP contribution is -2.10. The number of fused-ring (bicyclic) bond motifs is 1. The molecule has 1 amide bonds. The maximum absolute atomic E-state index is 13.0. The number of anilines is 1. The highest BCUT2D eigenvalue weighted by Gasteiger charge is 2.07. The number of halogens is 1. The molecule has 0 spiro atoms. The maximum atomic E-state index is 13.0. The van der Waals surface area contributed by atoms with Crippen molar-refractivity contribution in [2.24, 2.45) is 0 Å². The van der Waals surface area contributed by atoms with Gasteiger partial charge < -0.3 is 5.32 Å². The fraction of sp³-hybridized carbons (Fsp3) is 0.188. The van der Waals surface area contributed by atoms with Gasteiger partial charge in [-0.25, -0.2) is 4.39 Å². The van der Waals surface area contributed by atoms with E-state index in [9.17, 15) is 9.18 Å². The molecule has 0 saturated heterocycles. The number of nitrogens with zero attached hydrogens (tertiary/aromatic N) is 3. The third-order valence-electron chi connectivity index (χ3n) is 3.20. The van der Waals surface area contributed by atoms with E-state index in [-0.39, 0.29) is 11.7 Å². The van der Waals surface area contributed by atoms with Crippen molar-refractivity contribution in [2.45, 2.75) is 19.8 Å². The molecule has 0 saturated carbocycles. The summed E-state index contributed by atoms with van der Waals surface area (Å²) in [7, 11) is 0. The second kappa shape index (κ2) is 5.93. The van der Waals surface area contributed by atoms with E-state index in [4.69, 9.17) is 0 Å². The van der Waals surface area contributed by atoms with Crippen LogP contribution in [0.4, 0.5) is 10.1 Å². The van der Waals surface area contributed by atoms with Crippen LogP contribution in [0.15, 0.2) is 42.5 Å². The number of amides is 1. The van der Waals surface area contributed by atoms with Gasteiger partial charge in [-0.15, -0.1) is 10.2 Å². The molecule has 3 aromatic rings. The van der Waals surface area contributed by atoms with Gasteiger partial charge in [-0.1, -0.05) is 6.92 Å². The Balaban J connectivity index is 1.90. The van der Waals surface area contributed by atoms with Gasteiger partial charge >= 0.3 is 0 Å². The molecule has 0 aliphatic carbocycles. The zero-order chi connectivity index (χ0) is 15.5. The Kier molecular flexibility index (Phi) is 3.82. The van der Waals surface area contributed by atoms with Crippen molar-refractivity contribution in [2.75, 3.05) is 5.32 Å². The number of hydrogen-bond acceptors (Lipinski definition) is 3. The summed E-state index contributed by atoms with van der Waals surface area (Å²) in [5.74, 6) is -0.325. The summed E-state index contributed by atoms with van der Waals surface area (Å²) in [6.45, 7) is 1.96. The molecule has 1 aromatic heterocycles. The van der Waals surface area contributed by atoms with Crippen LogP contribution in [0.25, 0.3) is 16.7 Å². The summed E-state index contributed by atoms with van der Waals surface area (Å²) in [5, 5.41) is 11.5. The Hall–Kier alpha value is -2.76. The van der Waals surface area contributed by atoms with Gasteiger partial charge in [-0.3, -0.25) is 4.79 Å². The maximum Gasteiger partial charge on any atom is 0.224 e. The molecular formula is C16H15FN4O. The van der Waals surface area contributed by atoms with E-state index >= 15 is 0 Å². The molecule has 3 rings (SSSR count). The van der Waals surface area contributed by atoms with Crippen molar-refractivity contribution in [3.63, 3.8) is 0 Å². The molecule has 2 aromatic carbocycles. The summed E-state index contributed by atoms with van der Waals surface area (Å²) in [4.78, 5) is 13.1. The van der Waals surface area contributed by atoms with Crippen LogP contribution in [0, 0.1) is 5.82 Å². The zero-order valence-corrected chi connectivity index (χ0v) is 12.1. The van der Waals surface area contributed by atoms with E-state index in [2.05, 4.69) is 15.5 Å². The molecule has 0 bridgehead atoms. The minimum absolute atomic E-state index is 0.0206. The van der Waals surface area contributed by atoms with Crippen LogP contribution in [0.5, 0.6) is 0 Å². The molecule has 0 aliphatic heterocycles. The summed E-state index contributed by atoms with van der Waals surface area (Å²) >= 11 is 0. The first-order valence-electron chi connectivity index (χ1n) is 7.08. The van der Waals surface area contributed by atoms with Crippen LogP contribution in [-0.4, -0.2) is 20.9 Å². The lowest BCUT2D eigenvalue weighted by atomic mass is 10.2. The third-order valence-corrected chi connectivity index (χ3v) is 3.20. The lowest BCUT2D eigenvalue weighted by Gasteiger charge is -2.02. The fourth-order valence-electron chi connectivity index (χ4n) is 2.13. The van der Waals surface area contributed by atoms with E-state index in [0.717, 1.165) is 6.42 Å². The molecule has 0 fully saturated rings. The SMILES string of the molecule is CCCC(=O)Nc1ccc2nn(-c3ccc(F)cc3)nc2c1. The van der Waals surface area contributed by atoms with Crippen molar-refractivity contribution in [3.8, 4) is 5.69 Å². The number of nitrogens with one attached hydrogen (secondary N) is 1. The average molecular weight is 298 g/mol. The Morgan fingerprint density at radius 2 is 1.86 bits per heavy atom. The van der Waals surface area contributed by atoms with Crippen molar-refractivity contribution in [1.82, 2.24) is 15.0 Å². The molecule has 22 heavy (non-hydrogen) atoms. The second-order valence-corrected chi connectivity index (χ2v) is 4.97. The Bertz CT molecular complexity index is 811. The molecule has 0 radical (unpaired) electrons. The van der Waals surface area contributed by atoms with Crippen LogP contribution in [0.2, 0.25) is 0 Å². The van der Waals surface area contributed by atoms with Gasteiger partial charge in [0.25, 0.3) is 0 Å². The van der Waals surface area contributed by atoms with Crippen LogP contribution >= 0.6 is 0 Å². The number of aromatic nitrogens is 3. The molecule has 5 nitrogen and oxygen atoms in total. The number of benzene rings is 2. The van der Waals surface area contributed by atoms with Gasteiger partial charge in [0, 0.05) is 12.1 Å². The molecule has 0 aliphatic rings. The number of rotatable bonds is 4. The molecule has 1 heterocycles. The van der Waals surface area contributed by atoms with E-state index in [1.165, 1.54) is 16.9 Å². The van der Waals surface area contributed by atoms with Gasteiger partial charge in [0.1, 0.15) is 16.9 Å². The van der Waals surface area contributed by atoms with Crippen molar-refractivity contribution >= 4 is 22.6 Å². The molecule has 6 heteroatoms. The number of carbonyl (C=O) groups is 1. The van der Waals surface area contributed by atoms with Crippen LogP contribution < -0.4 is 5.32 Å². The topological polar surface area (TPSA) is 59.8 Å². The summed E-state index contributed by atoms with van der Waals surface area (Å²) in [6, 6.07) is 11.3. The normalized spacial score (nSPS) is 10.8. The second-order valence-electron chi connectivity index (χ2n) is 4.97. The monoisotopic (exact) mass is 298 g/mol. The van der Waals surface area contributed by atoms with Gasteiger partial charge in [0.2, 0.25) is 5.91 Å². The minimum atomic E-state index is -0.304. The highest BCUT2D eigenvalue weighted by molar-refractivity contribution is 5.92. The van der Waals surface area contributed by atoms with Crippen LogP contribution in [0.1, 0.15) is 19.8 Å². The fourth-order valence-corrected chi connectivity index (χ4v) is 2.13. The Labute approximate surface area is 126 Å². The molecule has 1 N–H and O–H groups in total. The largest absolute Gasteiger partial charge is 0.326 e. The van der Waals surface area contributed by atoms with Gasteiger partial charge in [0.15, 0.2) is 0 Å². The molecule has 0 unspecified atom stereocenters. The van der Waals surface area contributed by atoms with Gasteiger partial charge in [-0.2, -0.15) is 4.80 Å². The smallest absolute Gasteiger partial charge is 0.224 e. The average Bonchev–Trinajstić information content (AvgIpc) is 2.91. The molecule has 112 valence electrons. The van der Waals surface area contributed by atoms with Gasteiger partial charge in [-0.05, 0) is 48.9 Å². The zero-order valence-electron chi connectivity index (χ0n) is 12.1. The van der Waals surface area contributed by atoms with E-state index in [1.54, 1.807) is 30.3 Å². The highest BCUT2D eigenvalue weighted by Crippen LogP contribution is 2.18. The van der Waals surface area contributed by atoms with Crippen LogP contribution in [0.3, 0.4) is 0 Å². The number of hydrogen-bond donors (Lipinski definition) is 1. The Morgan fingerprint density at radius 3 is 2.59 bits per heavy atom. The first kappa shape index (κ1) is 14.2. The minimum Gasteiger partial charge on any atom is -0.326 e. The van der Waals surface area contributed by atoms with Crippen molar-refractivity contribution in [3.05, 3.63) is 48.3 Å². The third kappa shape index (κ3) is 2.95. The standard InChI is InChI=1S/C16H15FN4O/c1-2-3-16(22)18-12-6-9-14-15(10-12)20-21(19-14)13-7-4-11(17)5-8-13/h4-10H,2-3H2,1H3,(H,18,22). The summed E-state index contributed by atoms with van der Waals surface area (Å²) in [6.07, 6.45) is 1.29. The summed E-state index contributed by atoms with van der Waals surface area (Å²) in [5.41, 5.74) is 2.74. The molecular weight excluding hydrogens is 283 g/mol. The van der Waals surface area contributed by atoms with Crippen molar-refractivity contribution < 1.29 is 9.18 Å². The van der Waals surface area contributed by atoms with E-state index in [0.29, 0.717) is 28.8 Å². The predicted octanol–water partition coefficient (Wildman–Crippen LogP) is 3.30. The predicted molar refractivity (Wildman–Crippen MR) is 82.4 cm³/mol.